The molecule has 0 saturated carbocycles. The van der Waals surface area contributed by atoms with E-state index in [2.05, 4.69) is 5.32 Å². The van der Waals surface area contributed by atoms with Gasteiger partial charge in [-0.15, -0.1) is 0 Å². The van der Waals surface area contributed by atoms with Gasteiger partial charge in [0.15, 0.2) is 0 Å². The summed E-state index contributed by atoms with van der Waals surface area (Å²) in [4.78, 5) is 24.9. The summed E-state index contributed by atoms with van der Waals surface area (Å²) in [6, 6.07) is 3.52. The third-order valence-corrected chi connectivity index (χ3v) is 3.89. The maximum Gasteiger partial charge on any atom is 0.337 e. The number of rotatable bonds is 6. The zero-order chi connectivity index (χ0) is 16.0. The topological polar surface area (TPSA) is 89.9 Å². The molecule has 1 unspecified atom stereocenters. The van der Waals surface area contributed by atoms with Gasteiger partial charge in [-0.3, -0.25) is 0 Å². The Morgan fingerprint density at radius 3 is 2.62 bits per heavy atom. The van der Waals surface area contributed by atoms with Crippen molar-refractivity contribution in [1.29, 1.82) is 0 Å². The quantitative estimate of drug-likeness (QED) is 0.703. The average molecular weight is 312 g/mol. The Labute approximate surface area is 128 Å². The Hall–Kier alpha value is -1.89. The van der Waals surface area contributed by atoms with E-state index in [0.29, 0.717) is 0 Å². The molecule has 0 aliphatic heterocycles. The van der Waals surface area contributed by atoms with Crippen molar-refractivity contribution in [3.8, 4) is 5.75 Å². The number of phenolic OH excluding ortho intramolecular Hbond substituents is 1. The minimum atomic E-state index is -1.21. The number of nitrogens with one attached hydrogen (secondary N) is 1. The Morgan fingerprint density at radius 2 is 2.10 bits per heavy atom. The summed E-state index contributed by atoms with van der Waals surface area (Å²) < 4.78 is 0. The van der Waals surface area contributed by atoms with Gasteiger partial charge < -0.3 is 20.4 Å². The molecule has 0 aliphatic rings. The van der Waals surface area contributed by atoms with Gasteiger partial charge in [0.05, 0.1) is 11.3 Å². The van der Waals surface area contributed by atoms with Crippen LogP contribution in [0, 0.1) is 0 Å². The summed E-state index contributed by atoms with van der Waals surface area (Å²) in [6.07, 6.45) is 2.78. The monoisotopic (exact) mass is 312 g/mol. The molecule has 0 radical (unpaired) electrons. The van der Waals surface area contributed by atoms with Gasteiger partial charge in [0.25, 0.3) is 0 Å². The summed E-state index contributed by atoms with van der Waals surface area (Å²) >= 11 is 1.65. The van der Waals surface area contributed by atoms with Gasteiger partial charge in [0, 0.05) is 18.8 Å². The maximum atomic E-state index is 12.2. The van der Waals surface area contributed by atoms with Crippen molar-refractivity contribution in [1.82, 2.24) is 4.90 Å². The minimum absolute atomic E-state index is 0.0744. The molecule has 116 valence electrons. The molecule has 0 heterocycles. The molecule has 1 rings (SSSR count). The second-order valence-corrected chi connectivity index (χ2v) is 5.50. The molecule has 0 aliphatic carbocycles. The van der Waals surface area contributed by atoms with E-state index in [9.17, 15) is 14.7 Å². The second-order valence-electron chi connectivity index (χ2n) is 4.59. The number of amides is 2. The second kappa shape index (κ2) is 7.78. The molecule has 6 nitrogen and oxygen atoms in total. The molecule has 0 bridgehead atoms. The van der Waals surface area contributed by atoms with Crippen LogP contribution in [0.2, 0.25) is 0 Å². The van der Waals surface area contributed by atoms with Crippen molar-refractivity contribution >= 4 is 29.4 Å². The van der Waals surface area contributed by atoms with E-state index < -0.39 is 5.97 Å². The average Bonchev–Trinajstić information content (AvgIpc) is 2.45. The molecule has 0 fully saturated rings. The zero-order valence-corrected chi connectivity index (χ0v) is 13.1. The molecule has 7 heteroatoms. The molecule has 3 N–H and O–H groups in total. The van der Waals surface area contributed by atoms with Crippen LogP contribution < -0.4 is 5.32 Å². The van der Waals surface area contributed by atoms with E-state index in [4.69, 9.17) is 5.11 Å². The molecule has 0 saturated heterocycles. The number of aromatic hydroxyl groups is 1. The zero-order valence-electron chi connectivity index (χ0n) is 12.3. The number of carbonyl (C=O) groups excluding carboxylic acids is 1. The van der Waals surface area contributed by atoms with E-state index in [-0.39, 0.29) is 29.1 Å². The summed E-state index contributed by atoms with van der Waals surface area (Å²) in [5.74, 6) is -0.561. The van der Waals surface area contributed by atoms with Crippen LogP contribution in [0.5, 0.6) is 5.75 Å². The van der Waals surface area contributed by atoms with Crippen molar-refractivity contribution in [3.05, 3.63) is 23.8 Å². The highest BCUT2D eigenvalue weighted by molar-refractivity contribution is 7.98. The van der Waals surface area contributed by atoms with Crippen molar-refractivity contribution in [2.24, 2.45) is 0 Å². The Kier molecular flexibility index (Phi) is 6.36. The standard InChI is InChI=1S/C14H20N2O4S/c1-4-9(8-21-3)16(2)14(20)15-12-6-5-10(17)7-11(12)13(18)19/h5-7,9,17H,4,8H2,1-3H3,(H,15,20)(H,18,19). The van der Waals surface area contributed by atoms with Gasteiger partial charge in [-0.2, -0.15) is 11.8 Å². The smallest absolute Gasteiger partial charge is 0.337 e. The first-order chi connectivity index (χ1) is 9.90. The molecule has 1 atom stereocenters. The summed E-state index contributed by atoms with van der Waals surface area (Å²) in [5, 5.41) is 21.0. The number of thioether (sulfide) groups is 1. The fourth-order valence-corrected chi connectivity index (χ4v) is 2.73. The number of hydrogen-bond acceptors (Lipinski definition) is 4. The number of carbonyl (C=O) groups is 2. The lowest BCUT2D eigenvalue weighted by molar-refractivity contribution is 0.0697. The predicted molar refractivity (Wildman–Crippen MR) is 84.3 cm³/mol. The summed E-state index contributed by atoms with van der Waals surface area (Å²) in [5.41, 5.74) is 0.0193. The van der Waals surface area contributed by atoms with Crippen LogP contribution in [-0.2, 0) is 0 Å². The van der Waals surface area contributed by atoms with Crippen molar-refractivity contribution < 1.29 is 19.8 Å². The normalized spacial score (nSPS) is 11.8. The van der Waals surface area contributed by atoms with Crippen LogP contribution in [-0.4, -0.2) is 52.2 Å². The van der Waals surface area contributed by atoms with Crippen LogP contribution in [0.25, 0.3) is 0 Å². The van der Waals surface area contributed by atoms with Gasteiger partial charge >= 0.3 is 12.0 Å². The summed E-state index contributed by atoms with van der Waals surface area (Å²) in [6.45, 7) is 1.99. The van der Waals surface area contributed by atoms with Crippen LogP contribution in [0.15, 0.2) is 18.2 Å². The van der Waals surface area contributed by atoms with Crippen LogP contribution in [0.1, 0.15) is 23.7 Å². The van der Waals surface area contributed by atoms with Gasteiger partial charge in [0.2, 0.25) is 0 Å². The largest absolute Gasteiger partial charge is 0.508 e. The Balaban J connectivity index is 2.90. The highest BCUT2D eigenvalue weighted by Crippen LogP contribution is 2.22. The fourth-order valence-electron chi connectivity index (χ4n) is 1.88. The molecule has 1 aromatic carbocycles. The Morgan fingerprint density at radius 1 is 1.43 bits per heavy atom. The van der Waals surface area contributed by atoms with Gasteiger partial charge in [0.1, 0.15) is 5.75 Å². The van der Waals surface area contributed by atoms with Gasteiger partial charge in [-0.25, -0.2) is 9.59 Å². The first-order valence-corrected chi connectivity index (χ1v) is 7.89. The maximum absolute atomic E-state index is 12.2. The number of benzene rings is 1. The van der Waals surface area contributed by atoms with Crippen LogP contribution >= 0.6 is 11.8 Å². The third kappa shape index (κ3) is 4.56. The highest BCUT2D eigenvalue weighted by Gasteiger charge is 2.20. The molecule has 0 aromatic heterocycles. The highest BCUT2D eigenvalue weighted by atomic mass is 32.2. The first kappa shape index (κ1) is 17.2. The molecule has 1 aromatic rings. The first-order valence-electron chi connectivity index (χ1n) is 6.49. The summed E-state index contributed by atoms with van der Waals surface area (Å²) in [7, 11) is 1.68. The number of aromatic carboxylic acids is 1. The van der Waals surface area contributed by atoms with E-state index in [1.165, 1.54) is 12.1 Å². The van der Waals surface area contributed by atoms with E-state index in [1.54, 1.807) is 23.7 Å². The lowest BCUT2D eigenvalue weighted by atomic mass is 10.1. The van der Waals surface area contributed by atoms with Crippen molar-refractivity contribution in [3.63, 3.8) is 0 Å². The third-order valence-electron chi connectivity index (χ3n) is 3.17. The molecular weight excluding hydrogens is 292 g/mol. The lowest BCUT2D eigenvalue weighted by Gasteiger charge is -2.27. The SMILES string of the molecule is CCC(CSC)N(C)C(=O)Nc1ccc(O)cc1C(=O)O. The number of carboxylic acid groups (broad SMARTS) is 1. The van der Waals surface area contributed by atoms with E-state index >= 15 is 0 Å². The van der Waals surface area contributed by atoms with Crippen molar-refractivity contribution in [2.45, 2.75) is 19.4 Å². The fraction of sp³-hybridized carbons (Fsp3) is 0.429. The predicted octanol–water partition coefficient (Wildman–Crippen LogP) is 2.70. The number of anilines is 1. The van der Waals surface area contributed by atoms with E-state index in [1.807, 2.05) is 13.2 Å². The molecule has 21 heavy (non-hydrogen) atoms. The van der Waals surface area contributed by atoms with Crippen molar-refractivity contribution in [2.75, 3.05) is 24.4 Å². The van der Waals surface area contributed by atoms with Crippen LogP contribution in [0.4, 0.5) is 10.5 Å². The number of urea groups is 1. The molecular formula is C14H20N2O4S. The molecule has 2 amide bonds. The Bertz CT molecular complexity index is 522. The lowest BCUT2D eigenvalue weighted by Crippen LogP contribution is -2.41. The van der Waals surface area contributed by atoms with Gasteiger partial charge in [-0.05, 0) is 30.9 Å². The minimum Gasteiger partial charge on any atom is -0.508 e. The molecule has 0 spiro atoms. The van der Waals surface area contributed by atoms with Gasteiger partial charge in [-0.1, -0.05) is 6.92 Å². The number of nitrogens with zero attached hydrogens (tertiary/aromatic N) is 1. The number of hydrogen-bond donors (Lipinski definition) is 3. The van der Waals surface area contributed by atoms with E-state index in [0.717, 1.165) is 18.2 Å². The number of phenols is 1. The number of carboxylic acids is 1. The van der Waals surface area contributed by atoms with Crippen LogP contribution in [0.3, 0.4) is 0 Å².